The zero-order chi connectivity index (χ0) is 11.8. The van der Waals surface area contributed by atoms with E-state index < -0.39 is 12.0 Å². The summed E-state index contributed by atoms with van der Waals surface area (Å²) < 4.78 is 5.25. The molecule has 5 heteroatoms. The van der Waals surface area contributed by atoms with Gasteiger partial charge in [0.1, 0.15) is 6.04 Å². The van der Waals surface area contributed by atoms with Crippen molar-refractivity contribution in [3.8, 4) is 0 Å². The summed E-state index contributed by atoms with van der Waals surface area (Å²) in [5.41, 5.74) is 0. The number of nitrogens with zero attached hydrogens (tertiary/aromatic N) is 1. The van der Waals surface area contributed by atoms with Gasteiger partial charge in [0.15, 0.2) is 0 Å². The molecule has 1 fully saturated rings. The molecule has 0 aromatic carbocycles. The lowest BCUT2D eigenvalue weighted by atomic mass is 10.2. The highest BCUT2D eigenvalue weighted by Crippen LogP contribution is 1.98. The molecule has 0 amide bonds. The van der Waals surface area contributed by atoms with Crippen LogP contribution in [0.4, 0.5) is 0 Å². The number of morpholine rings is 1. The van der Waals surface area contributed by atoms with Crippen LogP contribution in [-0.2, 0) is 9.53 Å². The van der Waals surface area contributed by atoms with Crippen molar-refractivity contribution in [2.45, 2.75) is 25.8 Å². The summed E-state index contributed by atoms with van der Waals surface area (Å²) >= 11 is 0. The highest BCUT2D eigenvalue weighted by atomic mass is 16.5. The number of ether oxygens (including phenoxy) is 1. The molecule has 0 aromatic heterocycles. The second-order valence-corrected chi connectivity index (χ2v) is 4.09. The van der Waals surface area contributed by atoms with Crippen LogP contribution in [-0.4, -0.2) is 61.4 Å². The number of carbonyl (C=O) groups is 1. The highest BCUT2D eigenvalue weighted by molar-refractivity contribution is 5.73. The maximum atomic E-state index is 10.9. The summed E-state index contributed by atoms with van der Waals surface area (Å²) in [6, 6.07) is -0.397. The van der Waals surface area contributed by atoms with Gasteiger partial charge in [-0.1, -0.05) is 13.3 Å². The van der Waals surface area contributed by atoms with E-state index in [4.69, 9.17) is 9.84 Å². The molecule has 2 N–H and O–H groups in total. The lowest BCUT2D eigenvalue weighted by Gasteiger charge is -2.27. The van der Waals surface area contributed by atoms with Gasteiger partial charge >= 0.3 is 5.97 Å². The molecule has 0 aliphatic carbocycles. The molecule has 94 valence electrons. The summed E-state index contributed by atoms with van der Waals surface area (Å²) in [6.45, 7) is 7.11. The van der Waals surface area contributed by atoms with Crippen LogP contribution in [0.3, 0.4) is 0 Å². The predicted octanol–water partition coefficient (Wildman–Crippen LogP) is 0.162. The number of nitrogens with one attached hydrogen (secondary N) is 1. The van der Waals surface area contributed by atoms with Gasteiger partial charge < -0.3 is 15.2 Å². The van der Waals surface area contributed by atoms with Crippen LogP contribution in [0.25, 0.3) is 0 Å². The molecule has 1 heterocycles. The van der Waals surface area contributed by atoms with Gasteiger partial charge in [-0.25, -0.2) is 0 Å². The zero-order valence-corrected chi connectivity index (χ0v) is 9.95. The Morgan fingerprint density at radius 3 is 2.75 bits per heavy atom. The Morgan fingerprint density at radius 2 is 2.19 bits per heavy atom. The van der Waals surface area contributed by atoms with Crippen LogP contribution in [0.15, 0.2) is 0 Å². The van der Waals surface area contributed by atoms with E-state index in [1.165, 1.54) is 0 Å². The summed E-state index contributed by atoms with van der Waals surface area (Å²) in [5, 5.41) is 12.0. The van der Waals surface area contributed by atoms with Crippen molar-refractivity contribution in [3.63, 3.8) is 0 Å². The minimum absolute atomic E-state index is 0.397. The van der Waals surface area contributed by atoms with E-state index in [9.17, 15) is 4.79 Å². The molecule has 0 radical (unpaired) electrons. The Morgan fingerprint density at radius 1 is 1.50 bits per heavy atom. The Balaban J connectivity index is 2.13. The van der Waals surface area contributed by atoms with E-state index in [-0.39, 0.29) is 0 Å². The van der Waals surface area contributed by atoms with Gasteiger partial charge in [0.05, 0.1) is 13.2 Å². The van der Waals surface area contributed by atoms with Crippen molar-refractivity contribution in [2.75, 3.05) is 39.4 Å². The van der Waals surface area contributed by atoms with Crippen molar-refractivity contribution in [1.82, 2.24) is 10.2 Å². The molecule has 1 rings (SSSR count). The zero-order valence-electron chi connectivity index (χ0n) is 9.95. The average molecular weight is 230 g/mol. The van der Waals surface area contributed by atoms with Crippen LogP contribution in [0.1, 0.15) is 19.8 Å². The van der Waals surface area contributed by atoms with Crippen LogP contribution < -0.4 is 5.32 Å². The number of rotatable bonds is 7. The molecule has 0 spiro atoms. The molecule has 0 saturated carbocycles. The molecule has 1 atom stereocenters. The van der Waals surface area contributed by atoms with E-state index in [2.05, 4.69) is 10.2 Å². The van der Waals surface area contributed by atoms with Crippen molar-refractivity contribution < 1.29 is 14.6 Å². The summed E-state index contributed by atoms with van der Waals surface area (Å²) in [4.78, 5) is 13.2. The largest absolute Gasteiger partial charge is 0.480 e. The van der Waals surface area contributed by atoms with Crippen LogP contribution >= 0.6 is 0 Å². The first-order valence-electron chi connectivity index (χ1n) is 6.00. The third-order valence-electron chi connectivity index (χ3n) is 2.80. The molecule has 0 aromatic rings. The van der Waals surface area contributed by atoms with Gasteiger partial charge in [-0.2, -0.15) is 0 Å². The highest BCUT2D eigenvalue weighted by Gasteiger charge is 2.16. The van der Waals surface area contributed by atoms with E-state index in [1.807, 2.05) is 6.92 Å². The van der Waals surface area contributed by atoms with Crippen LogP contribution in [0.2, 0.25) is 0 Å². The third-order valence-corrected chi connectivity index (χ3v) is 2.80. The second kappa shape index (κ2) is 7.60. The fourth-order valence-electron chi connectivity index (χ4n) is 1.82. The number of hydrogen-bond donors (Lipinski definition) is 2. The number of aliphatic carboxylic acids is 1. The van der Waals surface area contributed by atoms with Gasteiger partial charge in [0.25, 0.3) is 0 Å². The van der Waals surface area contributed by atoms with Gasteiger partial charge in [0.2, 0.25) is 0 Å². The van der Waals surface area contributed by atoms with Gasteiger partial charge in [-0.15, -0.1) is 0 Å². The maximum absolute atomic E-state index is 10.9. The van der Waals surface area contributed by atoms with E-state index >= 15 is 0 Å². The minimum Gasteiger partial charge on any atom is -0.480 e. The van der Waals surface area contributed by atoms with E-state index in [0.717, 1.165) is 45.8 Å². The molecule has 1 saturated heterocycles. The molecule has 5 nitrogen and oxygen atoms in total. The lowest BCUT2D eigenvalue weighted by Crippen LogP contribution is -2.44. The Hall–Kier alpha value is -0.650. The fourth-order valence-corrected chi connectivity index (χ4v) is 1.82. The molecular formula is C11H22N2O3. The van der Waals surface area contributed by atoms with E-state index in [1.54, 1.807) is 0 Å². The molecule has 0 bridgehead atoms. The average Bonchev–Trinajstić information content (AvgIpc) is 2.29. The quantitative estimate of drug-likeness (QED) is 0.652. The van der Waals surface area contributed by atoms with Crippen molar-refractivity contribution >= 4 is 5.97 Å². The molecule has 1 aliphatic rings. The monoisotopic (exact) mass is 230 g/mol. The maximum Gasteiger partial charge on any atom is 0.320 e. The van der Waals surface area contributed by atoms with Gasteiger partial charge in [-0.3, -0.25) is 9.69 Å². The van der Waals surface area contributed by atoms with Crippen molar-refractivity contribution in [1.29, 1.82) is 0 Å². The first kappa shape index (κ1) is 13.4. The molecule has 1 unspecified atom stereocenters. The molecule has 1 aliphatic heterocycles. The predicted molar refractivity (Wildman–Crippen MR) is 61.6 cm³/mol. The number of carboxylic acid groups (broad SMARTS) is 1. The van der Waals surface area contributed by atoms with Crippen LogP contribution in [0, 0.1) is 0 Å². The third kappa shape index (κ3) is 4.92. The van der Waals surface area contributed by atoms with Crippen molar-refractivity contribution in [2.24, 2.45) is 0 Å². The number of carboxylic acids is 1. The van der Waals surface area contributed by atoms with Crippen LogP contribution in [0.5, 0.6) is 0 Å². The van der Waals surface area contributed by atoms with Crippen molar-refractivity contribution in [3.05, 3.63) is 0 Å². The normalized spacial score (nSPS) is 19.6. The number of hydrogen-bond acceptors (Lipinski definition) is 4. The van der Waals surface area contributed by atoms with E-state index in [0.29, 0.717) is 6.42 Å². The Labute approximate surface area is 96.8 Å². The smallest absolute Gasteiger partial charge is 0.320 e. The fraction of sp³-hybridized carbons (Fsp3) is 0.909. The van der Waals surface area contributed by atoms with Gasteiger partial charge in [-0.05, 0) is 6.42 Å². The summed E-state index contributed by atoms with van der Waals surface area (Å²) in [5.74, 6) is -0.746. The minimum atomic E-state index is -0.746. The standard InChI is InChI=1S/C11H22N2O3/c1-2-3-10(11(14)15)12-4-5-13-6-8-16-9-7-13/h10,12H,2-9H2,1H3,(H,14,15). The summed E-state index contributed by atoms with van der Waals surface area (Å²) in [7, 11) is 0. The first-order valence-corrected chi connectivity index (χ1v) is 6.00. The topological polar surface area (TPSA) is 61.8 Å². The SMILES string of the molecule is CCCC(NCCN1CCOCC1)C(=O)O. The first-order chi connectivity index (χ1) is 7.74. The second-order valence-electron chi connectivity index (χ2n) is 4.09. The Bertz CT molecular complexity index is 205. The Kier molecular flexibility index (Phi) is 6.37. The molecule has 16 heavy (non-hydrogen) atoms. The van der Waals surface area contributed by atoms with Gasteiger partial charge in [0, 0.05) is 26.2 Å². The molecular weight excluding hydrogens is 208 g/mol. The lowest BCUT2D eigenvalue weighted by molar-refractivity contribution is -0.139. The summed E-state index contributed by atoms with van der Waals surface area (Å²) in [6.07, 6.45) is 1.58.